The number of benzene rings is 2. The molecule has 0 fully saturated rings. The molecule has 0 aliphatic rings. The van der Waals surface area contributed by atoms with Crippen LogP contribution < -0.4 is 0 Å². The summed E-state index contributed by atoms with van der Waals surface area (Å²) in [6, 6.07) is 12.9. The van der Waals surface area contributed by atoms with Gasteiger partial charge in [-0.25, -0.2) is 9.18 Å². The lowest BCUT2D eigenvalue weighted by molar-refractivity contribution is -0.141. The van der Waals surface area contributed by atoms with Gasteiger partial charge in [0.15, 0.2) is 0 Å². The Morgan fingerprint density at radius 1 is 1.15 bits per heavy atom. The van der Waals surface area contributed by atoms with Gasteiger partial charge in [-0.1, -0.05) is 44.2 Å². The number of hydrogen-bond donors (Lipinski definition) is 2. The fourth-order valence-corrected chi connectivity index (χ4v) is 5.24. The molecule has 3 unspecified atom stereocenters. The van der Waals surface area contributed by atoms with E-state index in [4.69, 9.17) is 4.52 Å². The van der Waals surface area contributed by atoms with Crippen molar-refractivity contribution in [3.8, 4) is 0 Å². The first-order valence-electron chi connectivity index (χ1n) is 10.4. The first-order chi connectivity index (χ1) is 15.6. The van der Waals surface area contributed by atoms with Crippen LogP contribution in [-0.2, 0) is 13.9 Å². The number of aromatic nitrogens is 1. The van der Waals surface area contributed by atoms with Crippen LogP contribution in [0, 0.1) is 5.82 Å². The van der Waals surface area contributed by atoms with Crippen molar-refractivity contribution in [1.29, 1.82) is 0 Å². The fourth-order valence-electron chi connectivity index (χ4n) is 4.11. The Bertz CT molecular complexity index is 1220. The molecule has 2 aromatic carbocycles. The van der Waals surface area contributed by atoms with Gasteiger partial charge in [0.25, 0.3) is 0 Å². The summed E-state index contributed by atoms with van der Waals surface area (Å²) < 4.78 is 31.8. The van der Waals surface area contributed by atoms with Crippen LogP contribution in [0.2, 0.25) is 0 Å². The molecule has 3 atom stereocenters. The van der Waals surface area contributed by atoms with Gasteiger partial charge in [-0.05, 0) is 52.8 Å². The van der Waals surface area contributed by atoms with E-state index in [0.29, 0.717) is 11.1 Å². The Labute approximate surface area is 192 Å². The summed E-state index contributed by atoms with van der Waals surface area (Å²) in [4.78, 5) is 17.2. The minimum atomic E-state index is -2.91. The van der Waals surface area contributed by atoms with Crippen molar-refractivity contribution in [1.82, 2.24) is 4.98 Å². The molecule has 1 heterocycles. The van der Waals surface area contributed by atoms with Crippen LogP contribution in [0.1, 0.15) is 43.4 Å². The maximum Gasteiger partial charge on any atom is 0.534 e. The Morgan fingerprint density at radius 2 is 1.79 bits per heavy atom. The van der Waals surface area contributed by atoms with E-state index < -0.39 is 31.1 Å². The van der Waals surface area contributed by atoms with Crippen LogP contribution in [0.3, 0.4) is 0 Å². The summed E-state index contributed by atoms with van der Waals surface area (Å²) in [7, 11) is -1.78. The standard InChI is InChI=1S/C25H25FNO5P/c1-15(2)23-19-7-5-6-8-22(19)27-14-20(23)21(13-17-9-11-18(26)12-10-17)25(16(3)28,24(29)30)33(31)32-4/h5-16,28H,1-4H3/p+1. The van der Waals surface area contributed by atoms with E-state index in [1.807, 2.05) is 38.1 Å². The Balaban J connectivity index is 2.50. The highest BCUT2D eigenvalue weighted by Gasteiger charge is 2.65. The molecule has 0 saturated heterocycles. The largest absolute Gasteiger partial charge is 0.534 e. The lowest BCUT2D eigenvalue weighted by atomic mass is 9.81. The topological polar surface area (TPSA) is 96.7 Å². The van der Waals surface area contributed by atoms with E-state index in [9.17, 15) is 24.0 Å². The van der Waals surface area contributed by atoms with E-state index in [1.165, 1.54) is 43.5 Å². The summed E-state index contributed by atoms with van der Waals surface area (Å²) in [5, 5.41) is 19.6. The second-order valence-corrected chi connectivity index (χ2v) is 9.64. The normalized spacial score (nSPS) is 15.4. The Morgan fingerprint density at radius 3 is 2.33 bits per heavy atom. The molecule has 0 amide bonds. The maximum atomic E-state index is 13.5. The molecule has 3 rings (SSSR count). The molecule has 8 heteroatoms. The van der Waals surface area contributed by atoms with Gasteiger partial charge in [0.1, 0.15) is 11.9 Å². The number of carboxylic acids is 1. The fraction of sp³-hybridized carbons (Fsp3) is 0.280. The van der Waals surface area contributed by atoms with Crippen LogP contribution in [0.15, 0.2) is 54.7 Å². The van der Waals surface area contributed by atoms with E-state index in [1.54, 1.807) is 0 Å². The smallest absolute Gasteiger partial charge is 0.477 e. The number of fused-ring (bicyclic) bond motifs is 1. The minimum Gasteiger partial charge on any atom is -0.477 e. The van der Waals surface area contributed by atoms with E-state index in [-0.39, 0.29) is 11.5 Å². The third kappa shape index (κ3) is 4.44. The third-order valence-corrected chi connectivity index (χ3v) is 7.37. The molecule has 0 spiro atoms. The van der Waals surface area contributed by atoms with Crippen molar-refractivity contribution < 1.29 is 28.5 Å². The molecule has 0 saturated carbocycles. The molecular weight excluding hydrogens is 444 g/mol. The van der Waals surface area contributed by atoms with Gasteiger partial charge in [0.2, 0.25) is 0 Å². The van der Waals surface area contributed by atoms with Gasteiger partial charge < -0.3 is 10.2 Å². The zero-order valence-electron chi connectivity index (χ0n) is 18.8. The first kappa shape index (κ1) is 24.6. The van der Waals surface area contributed by atoms with Crippen molar-refractivity contribution in [3.05, 3.63) is 77.2 Å². The Kier molecular flexibility index (Phi) is 7.38. The highest BCUT2D eigenvalue weighted by molar-refractivity contribution is 7.43. The molecule has 172 valence electrons. The number of carbonyl (C=O) groups is 1. The number of nitrogens with zero attached hydrogens (tertiary/aromatic N) is 1. The second-order valence-electron chi connectivity index (χ2n) is 8.05. The average Bonchev–Trinajstić information content (AvgIpc) is 2.78. The average molecular weight is 470 g/mol. The van der Waals surface area contributed by atoms with Gasteiger partial charge in [-0.2, -0.15) is 0 Å². The summed E-state index contributed by atoms with van der Waals surface area (Å²) in [5.74, 6) is -2.02. The number of aliphatic hydroxyl groups is 1. The predicted molar refractivity (Wildman–Crippen MR) is 127 cm³/mol. The van der Waals surface area contributed by atoms with Crippen LogP contribution in [0.4, 0.5) is 4.39 Å². The lowest BCUT2D eigenvalue weighted by Crippen LogP contribution is -2.46. The third-order valence-electron chi connectivity index (χ3n) is 5.66. The summed E-state index contributed by atoms with van der Waals surface area (Å²) in [6.07, 6.45) is 1.45. The first-order valence-corrected chi connectivity index (χ1v) is 11.6. The van der Waals surface area contributed by atoms with Crippen molar-refractivity contribution >= 4 is 36.5 Å². The SMILES string of the molecule is CO[P+](=O)C(C(=O)O)(C(=Cc1ccc(F)cc1)c1cnc2ccccc2c1C(C)C)C(C)O. The molecule has 3 aromatic rings. The van der Waals surface area contributed by atoms with E-state index >= 15 is 0 Å². The van der Waals surface area contributed by atoms with E-state index in [0.717, 1.165) is 23.6 Å². The van der Waals surface area contributed by atoms with Crippen molar-refractivity contribution in [2.75, 3.05) is 7.11 Å². The molecule has 1 aromatic heterocycles. The number of rotatable bonds is 8. The maximum absolute atomic E-state index is 13.5. The molecule has 6 nitrogen and oxygen atoms in total. The van der Waals surface area contributed by atoms with Crippen LogP contribution in [-0.4, -0.2) is 39.5 Å². The zero-order valence-corrected chi connectivity index (χ0v) is 19.7. The molecule has 33 heavy (non-hydrogen) atoms. The van der Waals surface area contributed by atoms with Crippen LogP contribution >= 0.6 is 8.03 Å². The zero-order chi connectivity index (χ0) is 24.3. The lowest BCUT2D eigenvalue weighted by Gasteiger charge is -2.27. The van der Waals surface area contributed by atoms with Gasteiger partial charge >= 0.3 is 19.2 Å². The summed E-state index contributed by atoms with van der Waals surface area (Å²) in [5.41, 5.74) is 2.48. The van der Waals surface area contributed by atoms with Gasteiger partial charge in [-0.3, -0.25) is 4.98 Å². The number of hydrogen-bond acceptors (Lipinski definition) is 5. The second kappa shape index (κ2) is 9.87. The van der Waals surface area contributed by atoms with Crippen molar-refractivity contribution in [2.24, 2.45) is 0 Å². The molecule has 0 radical (unpaired) electrons. The Hall–Kier alpha value is -2.99. The molecule has 0 aliphatic carbocycles. The molecular formula is C25H26FNO5P+. The number of aliphatic carboxylic acids is 1. The molecule has 0 bridgehead atoms. The van der Waals surface area contributed by atoms with Gasteiger partial charge in [0, 0.05) is 22.7 Å². The number of para-hydroxylation sites is 1. The summed E-state index contributed by atoms with van der Waals surface area (Å²) >= 11 is 0. The van der Waals surface area contributed by atoms with Crippen LogP contribution in [0.25, 0.3) is 22.6 Å². The van der Waals surface area contributed by atoms with Crippen molar-refractivity contribution in [3.63, 3.8) is 0 Å². The monoisotopic (exact) mass is 470 g/mol. The van der Waals surface area contributed by atoms with Crippen LogP contribution in [0.5, 0.6) is 0 Å². The number of halogens is 1. The highest BCUT2D eigenvalue weighted by Crippen LogP contribution is 2.53. The van der Waals surface area contributed by atoms with Gasteiger partial charge in [-0.15, -0.1) is 4.52 Å². The molecule has 0 aliphatic heterocycles. The summed E-state index contributed by atoms with van der Waals surface area (Å²) in [6.45, 7) is 5.19. The minimum absolute atomic E-state index is 0.0644. The highest BCUT2D eigenvalue weighted by atomic mass is 31.1. The van der Waals surface area contributed by atoms with E-state index in [2.05, 4.69) is 4.98 Å². The van der Waals surface area contributed by atoms with Gasteiger partial charge in [0.05, 0.1) is 12.6 Å². The molecule has 2 N–H and O–H groups in total. The predicted octanol–water partition coefficient (Wildman–Crippen LogP) is 5.63. The number of pyridine rings is 1. The number of carboxylic acid groups (broad SMARTS) is 1. The number of aliphatic hydroxyl groups excluding tert-OH is 1. The quantitative estimate of drug-likeness (QED) is 0.414. The van der Waals surface area contributed by atoms with Crippen molar-refractivity contribution in [2.45, 2.75) is 37.9 Å².